The fourth-order valence-electron chi connectivity index (χ4n) is 1.73. The number of hydrogen-bond acceptors (Lipinski definition) is 2. The van der Waals surface area contributed by atoms with E-state index in [4.69, 9.17) is 0 Å². The van der Waals surface area contributed by atoms with E-state index in [1.54, 1.807) is 0 Å². The molecule has 0 radical (unpaired) electrons. The maximum absolute atomic E-state index is 4.01. The molecule has 12 heavy (non-hydrogen) atoms. The topological polar surface area (TPSA) is 29.9 Å². The summed E-state index contributed by atoms with van der Waals surface area (Å²) in [6, 6.07) is 0.743. The lowest BCUT2D eigenvalue weighted by atomic mass is 10.1. The van der Waals surface area contributed by atoms with Gasteiger partial charge in [0.05, 0.1) is 6.33 Å². The Labute approximate surface area is 72.8 Å². The zero-order valence-corrected chi connectivity index (χ0v) is 7.24. The van der Waals surface area contributed by atoms with E-state index in [0.717, 1.165) is 12.6 Å². The number of rotatable bonds is 3. The van der Waals surface area contributed by atoms with Crippen molar-refractivity contribution >= 4 is 0 Å². The number of hydrogen-bond donors (Lipinski definition) is 1. The molecule has 2 rings (SSSR count). The highest BCUT2D eigenvalue weighted by Gasteiger charge is 2.12. The van der Waals surface area contributed by atoms with E-state index in [9.17, 15) is 0 Å². The van der Waals surface area contributed by atoms with Gasteiger partial charge in [-0.25, -0.2) is 4.98 Å². The third-order valence-electron chi connectivity index (χ3n) is 2.46. The molecule has 0 bridgehead atoms. The first kappa shape index (κ1) is 7.80. The molecule has 1 aliphatic heterocycles. The normalized spacial score (nSPS) is 23.2. The van der Waals surface area contributed by atoms with Crippen LogP contribution in [0.15, 0.2) is 18.7 Å². The smallest absolute Gasteiger partial charge is 0.0945 e. The molecule has 0 spiro atoms. The second-order valence-corrected chi connectivity index (χ2v) is 3.38. The quantitative estimate of drug-likeness (QED) is 0.725. The molecule has 3 heteroatoms. The number of nitrogens with one attached hydrogen (secondary N) is 1. The summed E-state index contributed by atoms with van der Waals surface area (Å²) in [4.78, 5) is 4.01. The van der Waals surface area contributed by atoms with E-state index in [1.165, 1.54) is 25.8 Å². The highest BCUT2D eigenvalue weighted by atomic mass is 15.0. The Morgan fingerprint density at radius 1 is 1.58 bits per heavy atom. The zero-order chi connectivity index (χ0) is 8.23. The summed E-state index contributed by atoms with van der Waals surface area (Å²) in [5, 5.41) is 3.49. The van der Waals surface area contributed by atoms with E-state index in [2.05, 4.69) is 14.9 Å². The molecular formula is C9H15N3. The second kappa shape index (κ2) is 3.72. The largest absolute Gasteiger partial charge is 0.337 e. The molecule has 0 amide bonds. The maximum atomic E-state index is 4.01. The van der Waals surface area contributed by atoms with Crippen LogP contribution in [0.1, 0.15) is 19.3 Å². The summed E-state index contributed by atoms with van der Waals surface area (Å²) in [6.45, 7) is 2.30. The van der Waals surface area contributed by atoms with Crippen LogP contribution >= 0.6 is 0 Å². The Kier molecular flexibility index (Phi) is 2.42. The maximum Gasteiger partial charge on any atom is 0.0945 e. The first-order valence-corrected chi connectivity index (χ1v) is 4.64. The lowest BCUT2D eigenvalue weighted by Gasteiger charge is -2.09. The van der Waals surface area contributed by atoms with E-state index in [-0.39, 0.29) is 0 Å². The standard InChI is InChI=1S/C9H15N3/c1-2-9(11-4-1)3-6-12-7-5-10-8-12/h5,7-9,11H,1-4,6H2. The van der Waals surface area contributed by atoms with Crippen molar-refractivity contribution in [1.82, 2.24) is 14.9 Å². The van der Waals surface area contributed by atoms with Crippen molar-refractivity contribution < 1.29 is 0 Å². The molecule has 1 aliphatic rings. The van der Waals surface area contributed by atoms with Crippen molar-refractivity contribution in [3.8, 4) is 0 Å². The third kappa shape index (κ3) is 1.85. The number of aromatic nitrogens is 2. The van der Waals surface area contributed by atoms with E-state index >= 15 is 0 Å². The molecule has 3 nitrogen and oxygen atoms in total. The Balaban J connectivity index is 1.74. The van der Waals surface area contributed by atoms with Gasteiger partial charge in [-0.3, -0.25) is 0 Å². The highest BCUT2D eigenvalue weighted by molar-refractivity contribution is 4.78. The fraction of sp³-hybridized carbons (Fsp3) is 0.667. The molecule has 66 valence electrons. The fourth-order valence-corrected chi connectivity index (χ4v) is 1.73. The van der Waals surface area contributed by atoms with Crippen molar-refractivity contribution in [2.24, 2.45) is 0 Å². The van der Waals surface area contributed by atoms with Gasteiger partial charge >= 0.3 is 0 Å². The molecule has 0 aliphatic carbocycles. The van der Waals surface area contributed by atoms with E-state index < -0.39 is 0 Å². The van der Waals surface area contributed by atoms with Gasteiger partial charge in [-0.15, -0.1) is 0 Å². The van der Waals surface area contributed by atoms with Crippen LogP contribution in [0.4, 0.5) is 0 Å². The van der Waals surface area contributed by atoms with Gasteiger partial charge in [0, 0.05) is 25.0 Å². The van der Waals surface area contributed by atoms with Gasteiger partial charge < -0.3 is 9.88 Å². The molecule has 2 heterocycles. The molecule has 1 aromatic heterocycles. The predicted molar refractivity (Wildman–Crippen MR) is 47.9 cm³/mol. The van der Waals surface area contributed by atoms with Crippen LogP contribution in [0.3, 0.4) is 0 Å². The summed E-state index contributed by atoms with van der Waals surface area (Å²) in [5.74, 6) is 0. The van der Waals surface area contributed by atoms with Crippen molar-refractivity contribution in [3.63, 3.8) is 0 Å². The summed E-state index contributed by atoms with van der Waals surface area (Å²) < 4.78 is 2.14. The van der Waals surface area contributed by atoms with Crippen LogP contribution in [0.2, 0.25) is 0 Å². The molecule has 1 atom stereocenters. The number of imidazole rings is 1. The monoisotopic (exact) mass is 165 g/mol. The van der Waals surface area contributed by atoms with Gasteiger partial charge in [-0.2, -0.15) is 0 Å². The van der Waals surface area contributed by atoms with E-state index in [0.29, 0.717) is 0 Å². The molecule has 1 saturated heterocycles. The molecule has 0 aromatic carbocycles. The highest BCUT2D eigenvalue weighted by Crippen LogP contribution is 2.09. The Bertz CT molecular complexity index is 212. The summed E-state index contributed by atoms with van der Waals surface area (Å²) in [7, 11) is 0. The van der Waals surface area contributed by atoms with Crippen LogP contribution in [-0.4, -0.2) is 22.1 Å². The Hall–Kier alpha value is -0.830. The molecule has 1 aromatic rings. The van der Waals surface area contributed by atoms with Crippen molar-refractivity contribution in [1.29, 1.82) is 0 Å². The lowest BCUT2D eigenvalue weighted by Crippen LogP contribution is -2.22. The molecule has 1 fully saturated rings. The number of nitrogens with zero attached hydrogens (tertiary/aromatic N) is 2. The first-order chi connectivity index (χ1) is 5.95. The summed E-state index contributed by atoms with van der Waals surface area (Å²) >= 11 is 0. The average Bonchev–Trinajstić information content (AvgIpc) is 2.74. The molecular weight excluding hydrogens is 150 g/mol. The predicted octanol–water partition coefficient (Wildman–Crippen LogP) is 1.03. The minimum Gasteiger partial charge on any atom is -0.337 e. The van der Waals surface area contributed by atoms with Gasteiger partial charge in [0.25, 0.3) is 0 Å². The van der Waals surface area contributed by atoms with Crippen molar-refractivity contribution in [3.05, 3.63) is 18.7 Å². The zero-order valence-electron chi connectivity index (χ0n) is 7.24. The Morgan fingerprint density at radius 3 is 3.25 bits per heavy atom. The van der Waals surface area contributed by atoms with Crippen LogP contribution < -0.4 is 5.32 Å². The van der Waals surface area contributed by atoms with Crippen molar-refractivity contribution in [2.75, 3.05) is 6.54 Å². The van der Waals surface area contributed by atoms with E-state index in [1.807, 2.05) is 18.7 Å². The average molecular weight is 165 g/mol. The third-order valence-corrected chi connectivity index (χ3v) is 2.46. The van der Waals surface area contributed by atoms with Crippen LogP contribution in [0.25, 0.3) is 0 Å². The van der Waals surface area contributed by atoms with Gasteiger partial charge in [0.2, 0.25) is 0 Å². The summed E-state index contributed by atoms with van der Waals surface area (Å²) in [6.07, 6.45) is 9.66. The molecule has 1 N–H and O–H groups in total. The second-order valence-electron chi connectivity index (χ2n) is 3.38. The van der Waals surface area contributed by atoms with Crippen LogP contribution in [0.5, 0.6) is 0 Å². The van der Waals surface area contributed by atoms with Crippen LogP contribution in [-0.2, 0) is 6.54 Å². The first-order valence-electron chi connectivity index (χ1n) is 4.64. The van der Waals surface area contributed by atoms with Gasteiger partial charge in [0.15, 0.2) is 0 Å². The van der Waals surface area contributed by atoms with Crippen LogP contribution in [0, 0.1) is 0 Å². The molecule has 0 saturated carbocycles. The number of aryl methyl sites for hydroxylation is 1. The summed E-state index contributed by atoms with van der Waals surface area (Å²) in [5.41, 5.74) is 0. The van der Waals surface area contributed by atoms with Gasteiger partial charge in [0.1, 0.15) is 0 Å². The Morgan fingerprint density at radius 2 is 2.58 bits per heavy atom. The minimum absolute atomic E-state index is 0.743. The lowest BCUT2D eigenvalue weighted by molar-refractivity contribution is 0.505. The molecule has 1 unspecified atom stereocenters. The van der Waals surface area contributed by atoms with Gasteiger partial charge in [-0.05, 0) is 25.8 Å². The minimum atomic E-state index is 0.743. The van der Waals surface area contributed by atoms with Crippen molar-refractivity contribution in [2.45, 2.75) is 31.8 Å². The SMILES string of the molecule is c1cn(CCC2CCCN2)cn1. The van der Waals surface area contributed by atoms with Gasteiger partial charge in [-0.1, -0.05) is 0 Å².